The first-order valence-corrected chi connectivity index (χ1v) is 8.25. The summed E-state index contributed by atoms with van der Waals surface area (Å²) in [6, 6.07) is 0.868. The Hall–Kier alpha value is -0.0800. The SMILES string of the molecule is CCCCC(CC)CN(CCCN)C1CCCC1. The average Bonchev–Trinajstić information content (AvgIpc) is 2.92. The maximum absolute atomic E-state index is 5.69. The van der Waals surface area contributed by atoms with Crippen molar-refractivity contribution in [2.24, 2.45) is 11.7 Å². The normalized spacial score (nSPS) is 18.7. The highest BCUT2D eigenvalue weighted by molar-refractivity contribution is 4.79. The second-order valence-corrected chi connectivity index (χ2v) is 5.99. The van der Waals surface area contributed by atoms with Gasteiger partial charge in [0.25, 0.3) is 0 Å². The van der Waals surface area contributed by atoms with Gasteiger partial charge in [-0.05, 0) is 44.7 Å². The zero-order valence-electron chi connectivity index (χ0n) is 12.7. The molecule has 0 heterocycles. The van der Waals surface area contributed by atoms with Gasteiger partial charge in [0.15, 0.2) is 0 Å². The minimum Gasteiger partial charge on any atom is -0.330 e. The summed E-state index contributed by atoms with van der Waals surface area (Å²) in [5, 5.41) is 0. The van der Waals surface area contributed by atoms with Crippen molar-refractivity contribution >= 4 is 0 Å². The average molecular weight is 254 g/mol. The molecule has 0 aromatic rings. The van der Waals surface area contributed by atoms with Crippen LogP contribution in [0.1, 0.15) is 71.6 Å². The molecule has 0 spiro atoms. The van der Waals surface area contributed by atoms with Crippen LogP contribution < -0.4 is 5.73 Å². The summed E-state index contributed by atoms with van der Waals surface area (Å²) in [6.45, 7) is 8.05. The molecule has 1 atom stereocenters. The van der Waals surface area contributed by atoms with Gasteiger partial charge in [-0.2, -0.15) is 0 Å². The first kappa shape index (κ1) is 16.0. The highest BCUT2D eigenvalue weighted by Crippen LogP contribution is 2.26. The molecule has 2 heteroatoms. The molecule has 0 aliphatic heterocycles. The highest BCUT2D eigenvalue weighted by Gasteiger charge is 2.23. The molecular weight excluding hydrogens is 220 g/mol. The van der Waals surface area contributed by atoms with E-state index in [4.69, 9.17) is 5.73 Å². The molecule has 0 radical (unpaired) electrons. The third kappa shape index (κ3) is 5.71. The van der Waals surface area contributed by atoms with Crippen LogP contribution in [0, 0.1) is 5.92 Å². The number of hydrogen-bond donors (Lipinski definition) is 1. The molecule has 1 aliphatic rings. The standard InChI is InChI=1S/C16H34N2/c1-3-5-9-15(4-2)14-18(13-8-12-17)16-10-6-7-11-16/h15-16H,3-14,17H2,1-2H3. The van der Waals surface area contributed by atoms with E-state index < -0.39 is 0 Å². The Labute approximate surface area is 114 Å². The van der Waals surface area contributed by atoms with Gasteiger partial charge in [0, 0.05) is 12.6 Å². The third-order valence-electron chi connectivity index (χ3n) is 4.53. The lowest BCUT2D eigenvalue weighted by Gasteiger charge is -2.32. The zero-order chi connectivity index (χ0) is 13.2. The van der Waals surface area contributed by atoms with Crippen molar-refractivity contribution < 1.29 is 0 Å². The third-order valence-corrected chi connectivity index (χ3v) is 4.53. The first-order valence-electron chi connectivity index (χ1n) is 8.25. The lowest BCUT2D eigenvalue weighted by Crippen LogP contribution is -2.38. The van der Waals surface area contributed by atoms with Gasteiger partial charge in [-0.25, -0.2) is 0 Å². The van der Waals surface area contributed by atoms with Gasteiger partial charge in [-0.3, -0.25) is 0 Å². The highest BCUT2D eigenvalue weighted by atomic mass is 15.2. The van der Waals surface area contributed by atoms with Crippen molar-refractivity contribution in [1.29, 1.82) is 0 Å². The molecule has 0 bridgehead atoms. The second kappa shape index (κ2) is 9.80. The smallest absolute Gasteiger partial charge is 0.00953 e. The summed E-state index contributed by atoms with van der Waals surface area (Å²) in [5.41, 5.74) is 5.69. The summed E-state index contributed by atoms with van der Waals surface area (Å²) in [5.74, 6) is 0.906. The van der Waals surface area contributed by atoms with E-state index in [9.17, 15) is 0 Å². The summed E-state index contributed by atoms with van der Waals surface area (Å²) in [4.78, 5) is 2.77. The molecule has 18 heavy (non-hydrogen) atoms. The van der Waals surface area contributed by atoms with E-state index in [1.807, 2.05) is 0 Å². The Morgan fingerprint density at radius 3 is 2.44 bits per heavy atom. The van der Waals surface area contributed by atoms with Crippen LogP contribution in [0.2, 0.25) is 0 Å². The molecule has 1 aliphatic carbocycles. The Morgan fingerprint density at radius 2 is 1.89 bits per heavy atom. The molecular formula is C16H34N2. The largest absolute Gasteiger partial charge is 0.330 e. The summed E-state index contributed by atoms with van der Waals surface area (Å²) in [6.07, 6.45) is 12.4. The second-order valence-electron chi connectivity index (χ2n) is 5.99. The van der Waals surface area contributed by atoms with Gasteiger partial charge in [0.1, 0.15) is 0 Å². The maximum atomic E-state index is 5.69. The van der Waals surface area contributed by atoms with Crippen LogP contribution in [0.3, 0.4) is 0 Å². The van der Waals surface area contributed by atoms with Gasteiger partial charge in [-0.15, -0.1) is 0 Å². The quantitative estimate of drug-likeness (QED) is 0.642. The Morgan fingerprint density at radius 1 is 1.17 bits per heavy atom. The molecule has 0 aromatic carbocycles. The lowest BCUT2D eigenvalue weighted by atomic mass is 9.97. The van der Waals surface area contributed by atoms with E-state index >= 15 is 0 Å². The fraction of sp³-hybridized carbons (Fsp3) is 1.00. The van der Waals surface area contributed by atoms with Crippen LogP contribution in [0.4, 0.5) is 0 Å². The molecule has 1 fully saturated rings. The Bertz CT molecular complexity index is 188. The Kier molecular flexibility index (Phi) is 8.70. The van der Waals surface area contributed by atoms with Gasteiger partial charge in [-0.1, -0.05) is 46.0 Å². The summed E-state index contributed by atoms with van der Waals surface area (Å²) >= 11 is 0. The van der Waals surface area contributed by atoms with Crippen LogP contribution in [0.25, 0.3) is 0 Å². The van der Waals surface area contributed by atoms with Crippen LogP contribution in [0.5, 0.6) is 0 Å². The lowest BCUT2D eigenvalue weighted by molar-refractivity contribution is 0.159. The van der Waals surface area contributed by atoms with Crippen molar-refractivity contribution in [3.05, 3.63) is 0 Å². The fourth-order valence-electron chi connectivity index (χ4n) is 3.24. The topological polar surface area (TPSA) is 29.3 Å². The van der Waals surface area contributed by atoms with Crippen LogP contribution in [0.15, 0.2) is 0 Å². The molecule has 108 valence electrons. The number of nitrogens with two attached hydrogens (primary N) is 1. The van der Waals surface area contributed by atoms with Crippen molar-refractivity contribution in [3.8, 4) is 0 Å². The van der Waals surface area contributed by atoms with E-state index in [1.165, 1.54) is 70.9 Å². The first-order chi connectivity index (χ1) is 8.81. The van der Waals surface area contributed by atoms with Gasteiger partial charge in [0.05, 0.1) is 0 Å². The molecule has 0 amide bonds. The van der Waals surface area contributed by atoms with Crippen molar-refractivity contribution in [1.82, 2.24) is 4.90 Å². The van der Waals surface area contributed by atoms with E-state index in [2.05, 4.69) is 18.7 Å². The number of nitrogens with zero attached hydrogens (tertiary/aromatic N) is 1. The molecule has 2 nitrogen and oxygen atoms in total. The Balaban J connectivity index is 2.41. The van der Waals surface area contributed by atoms with Gasteiger partial charge >= 0.3 is 0 Å². The van der Waals surface area contributed by atoms with Crippen LogP contribution in [-0.4, -0.2) is 30.6 Å². The van der Waals surface area contributed by atoms with Crippen molar-refractivity contribution in [2.75, 3.05) is 19.6 Å². The van der Waals surface area contributed by atoms with Crippen molar-refractivity contribution in [2.45, 2.75) is 77.7 Å². The van der Waals surface area contributed by atoms with Crippen LogP contribution in [-0.2, 0) is 0 Å². The number of unbranched alkanes of at least 4 members (excludes halogenated alkanes) is 1. The van der Waals surface area contributed by atoms with E-state index in [-0.39, 0.29) is 0 Å². The molecule has 2 N–H and O–H groups in total. The van der Waals surface area contributed by atoms with Gasteiger partial charge in [0.2, 0.25) is 0 Å². The van der Waals surface area contributed by atoms with E-state index in [0.29, 0.717) is 0 Å². The van der Waals surface area contributed by atoms with E-state index in [0.717, 1.165) is 18.5 Å². The van der Waals surface area contributed by atoms with Crippen LogP contribution >= 0.6 is 0 Å². The minimum atomic E-state index is 0.842. The molecule has 1 unspecified atom stereocenters. The van der Waals surface area contributed by atoms with E-state index in [1.54, 1.807) is 0 Å². The predicted octanol–water partition coefficient (Wildman–Crippen LogP) is 3.80. The zero-order valence-corrected chi connectivity index (χ0v) is 12.7. The maximum Gasteiger partial charge on any atom is 0.00953 e. The molecule has 1 rings (SSSR count). The summed E-state index contributed by atoms with van der Waals surface area (Å²) in [7, 11) is 0. The minimum absolute atomic E-state index is 0.842. The molecule has 0 aromatic heterocycles. The van der Waals surface area contributed by atoms with Crippen molar-refractivity contribution in [3.63, 3.8) is 0 Å². The summed E-state index contributed by atoms with van der Waals surface area (Å²) < 4.78 is 0. The van der Waals surface area contributed by atoms with Gasteiger partial charge < -0.3 is 10.6 Å². The fourth-order valence-corrected chi connectivity index (χ4v) is 3.24. The monoisotopic (exact) mass is 254 g/mol. The number of rotatable bonds is 10. The predicted molar refractivity (Wildman–Crippen MR) is 80.8 cm³/mol. The number of hydrogen-bond acceptors (Lipinski definition) is 2. The molecule has 0 saturated heterocycles. The molecule has 1 saturated carbocycles.